The minimum Gasteiger partial charge on any atom is -0.466 e. The first-order valence-corrected chi connectivity index (χ1v) is 7.52. The van der Waals surface area contributed by atoms with Crippen molar-refractivity contribution in [3.05, 3.63) is 34.9 Å². The van der Waals surface area contributed by atoms with Gasteiger partial charge >= 0.3 is 5.97 Å². The highest BCUT2D eigenvalue weighted by atomic mass is 35.5. The van der Waals surface area contributed by atoms with Crippen molar-refractivity contribution in [2.45, 2.75) is 45.6 Å². The van der Waals surface area contributed by atoms with Crippen LogP contribution in [0.1, 0.15) is 45.6 Å². The third-order valence-corrected chi connectivity index (χ3v) is 3.86. The molecule has 0 aliphatic rings. The van der Waals surface area contributed by atoms with Crippen molar-refractivity contribution < 1.29 is 14.6 Å². The van der Waals surface area contributed by atoms with Gasteiger partial charge in [0.05, 0.1) is 12.5 Å². The third-order valence-electron chi connectivity index (χ3n) is 3.61. The first-order valence-electron chi connectivity index (χ1n) is 7.14. The lowest BCUT2D eigenvalue weighted by molar-refractivity contribution is -0.160. The number of hydrogen-bond donors (Lipinski definition) is 1. The Morgan fingerprint density at radius 1 is 1.30 bits per heavy atom. The average molecular weight is 299 g/mol. The zero-order valence-corrected chi connectivity index (χ0v) is 13.1. The molecule has 2 unspecified atom stereocenters. The van der Waals surface area contributed by atoms with Crippen molar-refractivity contribution in [1.82, 2.24) is 0 Å². The predicted molar refractivity (Wildman–Crippen MR) is 80.7 cm³/mol. The number of aliphatic hydroxyl groups is 1. The summed E-state index contributed by atoms with van der Waals surface area (Å²) in [5, 5.41) is 11.6. The maximum absolute atomic E-state index is 12.2. The van der Waals surface area contributed by atoms with E-state index in [1.165, 1.54) is 0 Å². The fourth-order valence-electron chi connectivity index (χ4n) is 2.47. The van der Waals surface area contributed by atoms with Gasteiger partial charge in [-0.1, -0.05) is 44.0 Å². The van der Waals surface area contributed by atoms with Gasteiger partial charge in [0.15, 0.2) is 0 Å². The number of carbonyl (C=O) groups is 1. The quantitative estimate of drug-likeness (QED) is 0.776. The molecule has 0 saturated heterocycles. The van der Waals surface area contributed by atoms with Crippen molar-refractivity contribution in [2.24, 2.45) is 5.92 Å². The summed E-state index contributed by atoms with van der Waals surface area (Å²) in [6.45, 7) is 5.95. The lowest BCUT2D eigenvalue weighted by Gasteiger charge is -2.34. The molecule has 0 saturated carbocycles. The van der Waals surface area contributed by atoms with Crippen LogP contribution in [0.4, 0.5) is 0 Å². The molecule has 2 atom stereocenters. The molecule has 0 aliphatic carbocycles. The van der Waals surface area contributed by atoms with Crippen LogP contribution in [-0.2, 0) is 15.1 Å². The molecule has 0 spiro atoms. The molecule has 1 aromatic carbocycles. The van der Waals surface area contributed by atoms with Crippen LogP contribution in [0.15, 0.2) is 24.3 Å². The highest BCUT2D eigenvalue weighted by molar-refractivity contribution is 6.30. The van der Waals surface area contributed by atoms with Crippen molar-refractivity contribution >= 4 is 17.6 Å². The molecule has 0 fully saturated rings. The molecule has 0 aromatic heterocycles. The van der Waals surface area contributed by atoms with Crippen molar-refractivity contribution in [3.63, 3.8) is 0 Å². The molecular formula is C16H23ClO3. The molecule has 0 aliphatic heterocycles. The van der Waals surface area contributed by atoms with E-state index in [4.69, 9.17) is 16.3 Å². The van der Waals surface area contributed by atoms with E-state index in [0.29, 0.717) is 30.0 Å². The van der Waals surface area contributed by atoms with E-state index in [2.05, 4.69) is 0 Å². The largest absolute Gasteiger partial charge is 0.466 e. The zero-order valence-electron chi connectivity index (χ0n) is 12.4. The highest BCUT2D eigenvalue weighted by Crippen LogP contribution is 2.37. The third kappa shape index (κ3) is 3.74. The maximum Gasteiger partial charge on any atom is 0.312 e. The normalized spacial score (nSPS) is 15.4. The molecule has 112 valence electrons. The van der Waals surface area contributed by atoms with Crippen molar-refractivity contribution in [1.29, 1.82) is 0 Å². The second-order valence-electron chi connectivity index (χ2n) is 4.88. The van der Waals surface area contributed by atoms with Gasteiger partial charge in [0.25, 0.3) is 0 Å². The lowest BCUT2D eigenvalue weighted by atomic mass is 9.77. The molecule has 0 radical (unpaired) electrons. The topological polar surface area (TPSA) is 46.5 Å². The zero-order chi connectivity index (χ0) is 15.2. The van der Waals surface area contributed by atoms with E-state index >= 15 is 0 Å². The summed E-state index contributed by atoms with van der Waals surface area (Å²) in [5.74, 6) is -0.896. The monoisotopic (exact) mass is 298 g/mol. The maximum atomic E-state index is 12.2. The molecule has 4 heteroatoms. The molecule has 0 bridgehead atoms. The fraction of sp³-hybridized carbons (Fsp3) is 0.562. The smallest absolute Gasteiger partial charge is 0.312 e. The summed E-state index contributed by atoms with van der Waals surface area (Å²) in [4.78, 5) is 12.2. The number of rotatable bonds is 7. The number of hydrogen-bond acceptors (Lipinski definition) is 3. The van der Waals surface area contributed by atoms with Gasteiger partial charge in [-0.15, -0.1) is 0 Å². The predicted octanol–water partition coefficient (Wildman–Crippen LogP) is 3.92. The molecule has 1 aromatic rings. The van der Waals surface area contributed by atoms with Gasteiger partial charge in [0, 0.05) is 5.02 Å². The van der Waals surface area contributed by atoms with E-state index in [1.54, 1.807) is 31.2 Å². The summed E-state index contributed by atoms with van der Waals surface area (Å²) >= 11 is 5.88. The standard InChI is InChI=1S/C16H23ClO3/c1-4-7-14(15(18)20-6-3)16(19,5-2)12-8-10-13(17)11-9-12/h8-11,14,19H,4-7H2,1-3H3. The van der Waals surface area contributed by atoms with E-state index in [1.807, 2.05) is 13.8 Å². The van der Waals surface area contributed by atoms with E-state index in [0.717, 1.165) is 6.42 Å². The van der Waals surface area contributed by atoms with Gasteiger partial charge in [0.2, 0.25) is 0 Å². The van der Waals surface area contributed by atoms with Crippen LogP contribution < -0.4 is 0 Å². The van der Waals surface area contributed by atoms with E-state index in [-0.39, 0.29) is 5.97 Å². The minimum absolute atomic E-state index is 0.319. The molecule has 0 amide bonds. The molecule has 3 nitrogen and oxygen atoms in total. The van der Waals surface area contributed by atoms with Crippen LogP contribution in [0, 0.1) is 5.92 Å². The van der Waals surface area contributed by atoms with Gasteiger partial charge in [-0.2, -0.15) is 0 Å². The van der Waals surface area contributed by atoms with Gasteiger partial charge in [-0.3, -0.25) is 4.79 Å². The molecule has 1 rings (SSSR count). The van der Waals surface area contributed by atoms with Crippen LogP contribution in [0.25, 0.3) is 0 Å². The molecule has 1 N–H and O–H groups in total. The Kier molecular flexibility index (Phi) is 6.50. The van der Waals surface area contributed by atoms with Crippen LogP contribution in [0.3, 0.4) is 0 Å². The number of ether oxygens (including phenoxy) is 1. The van der Waals surface area contributed by atoms with Crippen LogP contribution in [0.5, 0.6) is 0 Å². The van der Waals surface area contributed by atoms with E-state index < -0.39 is 11.5 Å². The van der Waals surface area contributed by atoms with Crippen LogP contribution in [0.2, 0.25) is 5.02 Å². The van der Waals surface area contributed by atoms with Gasteiger partial charge < -0.3 is 9.84 Å². The Hall–Kier alpha value is -1.06. The Balaban J connectivity index is 3.15. The lowest BCUT2D eigenvalue weighted by Crippen LogP contribution is -2.40. The first-order chi connectivity index (χ1) is 9.49. The van der Waals surface area contributed by atoms with Gasteiger partial charge in [-0.05, 0) is 37.5 Å². The number of halogens is 1. The Morgan fingerprint density at radius 3 is 2.35 bits per heavy atom. The first kappa shape index (κ1) is 17.0. The Morgan fingerprint density at radius 2 is 1.90 bits per heavy atom. The van der Waals surface area contributed by atoms with Crippen molar-refractivity contribution in [3.8, 4) is 0 Å². The SMILES string of the molecule is CCCC(C(=O)OCC)C(O)(CC)c1ccc(Cl)cc1. The number of carbonyl (C=O) groups excluding carboxylic acids is 1. The summed E-state index contributed by atoms with van der Waals surface area (Å²) in [5.41, 5.74) is -0.511. The van der Waals surface area contributed by atoms with Crippen LogP contribution >= 0.6 is 11.6 Å². The summed E-state index contributed by atoms with van der Waals surface area (Å²) in [6, 6.07) is 7.00. The second kappa shape index (κ2) is 7.65. The van der Waals surface area contributed by atoms with Crippen LogP contribution in [-0.4, -0.2) is 17.7 Å². The minimum atomic E-state index is -1.22. The van der Waals surface area contributed by atoms with E-state index in [9.17, 15) is 9.90 Å². The fourth-order valence-corrected chi connectivity index (χ4v) is 2.60. The number of esters is 1. The average Bonchev–Trinajstić information content (AvgIpc) is 2.45. The molecule has 20 heavy (non-hydrogen) atoms. The Labute approximate surface area is 125 Å². The Bertz CT molecular complexity index is 430. The van der Waals surface area contributed by atoms with Gasteiger partial charge in [-0.25, -0.2) is 0 Å². The highest BCUT2D eigenvalue weighted by Gasteiger charge is 2.41. The second-order valence-corrected chi connectivity index (χ2v) is 5.31. The van der Waals surface area contributed by atoms with Crippen molar-refractivity contribution in [2.75, 3.05) is 6.61 Å². The van der Waals surface area contributed by atoms with Gasteiger partial charge in [0.1, 0.15) is 5.60 Å². The summed E-state index contributed by atoms with van der Waals surface area (Å²) < 4.78 is 5.12. The molecular weight excluding hydrogens is 276 g/mol. The summed E-state index contributed by atoms with van der Waals surface area (Å²) in [6.07, 6.45) is 1.84. The molecule has 0 heterocycles. The number of benzene rings is 1. The summed E-state index contributed by atoms with van der Waals surface area (Å²) in [7, 11) is 0.